The average molecular weight is 413 g/mol. The summed E-state index contributed by atoms with van der Waals surface area (Å²) in [6.45, 7) is 3.36. The van der Waals surface area contributed by atoms with E-state index in [1.165, 1.54) is 39.7 Å². The van der Waals surface area contributed by atoms with Crippen molar-refractivity contribution in [3.05, 3.63) is 55.8 Å². The third-order valence-corrected chi connectivity index (χ3v) is 5.29. The highest BCUT2D eigenvalue weighted by Crippen LogP contribution is 2.15. The van der Waals surface area contributed by atoms with E-state index in [4.69, 9.17) is 0 Å². The zero-order valence-corrected chi connectivity index (χ0v) is 15.6. The van der Waals surface area contributed by atoms with Gasteiger partial charge in [-0.2, -0.15) is 0 Å². The minimum atomic E-state index is 0.602. The molecule has 1 aromatic heterocycles. The van der Waals surface area contributed by atoms with E-state index in [0.717, 1.165) is 13.0 Å². The fourth-order valence-electron chi connectivity index (χ4n) is 2.51. The van der Waals surface area contributed by atoms with E-state index >= 15 is 0 Å². The molecule has 2 aromatic rings. The Morgan fingerprint density at radius 3 is 2.67 bits per heavy atom. The van der Waals surface area contributed by atoms with E-state index in [-0.39, 0.29) is 0 Å². The molecule has 0 amide bonds. The van der Waals surface area contributed by atoms with E-state index in [2.05, 4.69) is 76.6 Å². The Morgan fingerprint density at radius 2 is 2.00 bits per heavy atom. The van der Waals surface area contributed by atoms with Gasteiger partial charge in [0.25, 0.3) is 0 Å². The van der Waals surface area contributed by atoms with Gasteiger partial charge in [0.15, 0.2) is 0 Å². The van der Waals surface area contributed by atoms with Gasteiger partial charge < -0.3 is 5.32 Å². The number of rotatable bonds is 9. The lowest BCUT2D eigenvalue weighted by atomic mass is 10.0. The van der Waals surface area contributed by atoms with E-state index in [1.807, 2.05) is 11.3 Å². The summed E-state index contributed by atoms with van der Waals surface area (Å²) in [7, 11) is 0. The first-order valence-corrected chi connectivity index (χ1v) is 9.74. The second-order valence-corrected chi connectivity index (χ2v) is 7.73. The van der Waals surface area contributed by atoms with Crippen LogP contribution in [0.1, 0.15) is 36.6 Å². The number of thiophene rings is 1. The summed E-state index contributed by atoms with van der Waals surface area (Å²) in [6, 6.07) is 13.9. The van der Waals surface area contributed by atoms with Crippen LogP contribution < -0.4 is 5.32 Å². The first kappa shape index (κ1) is 17.0. The number of hydrogen-bond donors (Lipinski definition) is 1. The molecule has 0 saturated heterocycles. The molecule has 0 bridgehead atoms. The molecule has 1 aromatic carbocycles. The summed E-state index contributed by atoms with van der Waals surface area (Å²) >= 11 is 4.24. The van der Waals surface area contributed by atoms with Crippen molar-refractivity contribution < 1.29 is 0 Å². The van der Waals surface area contributed by atoms with Gasteiger partial charge in [-0.05, 0) is 90.4 Å². The molecular formula is C18H24INS. The first-order chi connectivity index (χ1) is 10.3. The highest BCUT2D eigenvalue weighted by Gasteiger charge is 2.09. The molecule has 3 heteroatoms. The van der Waals surface area contributed by atoms with E-state index in [1.54, 1.807) is 0 Å². The molecule has 2 rings (SSSR count). The van der Waals surface area contributed by atoms with E-state index in [0.29, 0.717) is 6.04 Å². The van der Waals surface area contributed by atoms with Crippen molar-refractivity contribution in [2.75, 3.05) is 6.54 Å². The number of halogens is 1. The second-order valence-electron chi connectivity index (χ2n) is 5.45. The topological polar surface area (TPSA) is 12.0 Å². The van der Waals surface area contributed by atoms with Crippen molar-refractivity contribution >= 4 is 33.9 Å². The van der Waals surface area contributed by atoms with Crippen molar-refractivity contribution in [2.45, 2.75) is 45.1 Å². The van der Waals surface area contributed by atoms with Gasteiger partial charge in [-0.25, -0.2) is 0 Å². The molecule has 0 saturated carbocycles. The molecule has 1 unspecified atom stereocenters. The molecular weight excluding hydrogens is 389 g/mol. The Morgan fingerprint density at radius 1 is 1.19 bits per heavy atom. The molecule has 0 aliphatic rings. The fraction of sp³-hybridized carbons (Fsp3) is 0.444. The molecule has 1 nitrogen and oxygen atoms in total. The van der Waals surface area contributed by atoms with Gasteiger partial charge in [-0.1, -0.05) is 25.1 Å². The van der Waals surface area contributed by atoms with Crippen LogP contribution in [-0.2, 0) is 12.8 Å². The Bertz CT molecular complexity index is 492. The van der Waals surface area contributed by atoms with Gasteiger partial charge in [-0.3, -0.25) is 0 Å². The maximum absolute atomic E-state index is 3.71. The van der Waals surface area contributed by atoms with Crippen LogP contribution in [0.4, 0.5) is 0 Å². The van der Waals surface area contributed by atoms with Gasteiger partial charge >= 0.3 is 0 Å². The van der Waals surface area contributed by atoms with Crippen LogP contribution in [0.2, 0.25) is 0 Å². The quantitative estimate of drug-likeness (QED) is 0.551. The monoisotopic (exact) mass is 413 g/mol. The molecule has 1 N–H and O–H groups in total. The van der Waals surface area contributed by atoms with Gasteiger partial charge in [0.2, 0.25) is 0 Å². The fourth-order valence-corrected chi connectivity index (χ4v) is 3.62. The maximum atomic E-state index is 3.71. The molecule has 0 spiro atoms. The SMILES string of the molecule is CCCNC(CCCc1cccs1)Cc1ccc(I)cc1. The maximum Gasteiger partial charge on any atom is 0.0130 e. The molecule has 1 atom stereocenters. The normalized spacial score (nSPS) is 12.5. The van der Waals surface area contributed by atoms with Gasteiger partial charge in [0.1, 0.15) is 0 Å². The predicted octanol–water partition coefficient (Wildman–Crippen LogP) is 5.29. The van der Waals surface area contributed by atoms with E-state index < -0.39 is 0 Å². The third-order valence-electron chi connectivity index (χ3n) is 3.63. The van der Waals surface area contributed by atoms with Crippen LogP contribution in [0.5, 0.6) is 0 Å². The number of aryl methyl sites for hydroxylation is 1. The Hall–Kier alpha value is -0.390. The third kappa shape index (κ3) is 6.49. The Labute approximate surface area is 146 Å². The highest BCUT2D eigenvalue weighted by atomic mass is 127. The molecule has 0 aliphatic heterocycles. The smallest absolute Gasteiger partial charge is 0.0130 e. The lowest BCUT2D eigenvalue weighted by Gasteiger charge is -2.18. The predicted molar refractivity (Wildman–Crippen MR) is 102 cm³/mol. The minimum absolute atomic E-state index is 0.602. The summed E-state index contributed by atoms with van der Waals surface area (Å²) in [5.74, 6) is 0. The molecule has 0 fully saturated rings. The number of hydrogen-bond acceptors (Lipinski definition) is 2. The summed E-state index contributed by atoms with van der Waals surface area (Å²) in [4.78, 5) is 1.51. The van der Waals surface area contributed by atoms with Crippen LogP contribution >= 0.6 is 33.9 Å². The lowest BCUT2D eigenvalue weighted by Crippen LogP contribution is -2.31. The Kier molecular flexibility index (Phi) is 7.75. The van der Waals surface area contributed by atoms with E-state index in [9.17, 15) is 0 Å². The van der Waals surface area contributed by atoms with Gasteiger partial charge in [0.05, 0.1) is 0 Å². The zero-order chi connectivity index (χ0) is 14.9. The van der Waals surface area contributed by atoms with Crippen LogP contribution in [0.25, 0.3) is 0 Å². The number of benzene rings is 1. The zero-order valence-electron chi connectivity index (χ0n) is 12.6. The van der Waals surface area contributed by atoms with Crippen molar-refractivity contribution in [3.63, 3.8) is 0 Å². The average Bonchev–Trinajstić information content (AvgIpc) is 3.00. The standard InChI is InChI=1S/C18H24INS/c1-2-12-20-17(5-3-6-18-7-4-13-21-18)14-15-8-10-16(19)11-9-15/h4,7-11,13,17,20H,2-3,5-6,12,14H2,1H3. The van der Waals surface area contributed by atoms with Crippen LogP contribution in [-0.4, -0.2) is 12.6 Å². The van der Waals surface area contributed by atoms with Crippen LogP contribution in [0, 0.1) is 3.57 Å². The molecule has 0 radical (unpaired) electrons. The molecule has 1 heterocycles. The Balaban J connectivity index is 1.83. The minimum Gasteiger partial charge on any atom is -0.314 e. The van der Waals surface area contributed by atoms with Crippen molar-refractivity contribution in [1.29, 1.82) is 0 Å². The molecule has 114 valence electrons. The summed E-state index contributed by atoms with van der Waals surface area (Å²) in [6.07, 6.45) is 6.08. The number of nitrogens with one attached hydrogen (secondary N) is 1. The summed E-state index contributed by atoms with van der Waals surface area (Å²) in [5, 5.41) is 5.89. The van der Waals surface area contributed by atoms with Gasteiger partial charge in [0, 0.05) is 14.5 Å². The first-order valence-electron chi connectivity index (χ1n) is 7.78. The largest absolute Gasteiger partial charge is 0.314 e. The molecule has 0 aliphatic carbocycles. The van der Waals surface area contributed by atoms with Crippen molar-refractivity contribution in [1.82, 2.24) is 5.32 Å². The van der Waals surface area contributed by atoms with Crippen molar-refractivity contribution in [2.24, 2.45) is 0 Å². The summed E-state index contributed by atoms with van der Waals surface area (Å²) < 4.78 is 1.31. The van der Waals surface area contributed by atoms with Crippen LogP contribution in [0.3, 0.4) is 0 Å². The van der Waals surface area contributed by atoms with Crippen LogP contribution in [0.15, 0.2) is 41.8 Å². The van der Waals surface area contributed by atoms with Crippen molar-refractivity contribution in [3.8, 4) is 0 Å². The second kappa shape index (κ2) is 9.59. The summed E-state index contributed by atoms with van der Waals surface area (Å²) in [5.41, 5.74) is 1.44. The highest BCUT2D eigenvalue weighted by molar-refractivity contribution is 14.1. The lowest BCUT2D eigenvalue weighted by molar-refractivity contribution is 0.465. The molecule has 21 heavy (non-hydrogen) atoms. The van der Waals surface area contributed by atoms with Gasteiger partial charge in [-0.15, -0.1) is 11.3 Å².